The predicted molar refractivity (Wildman–Crippen MR) is 125 cm³/mol. The van der Waals surface area contributed by atoms with Crippen LogP contribution in [0, 0.1) is 11.7 Å². The van der Waals surface area contributed by atoms with Gasteiger partial charge in [0.2, 0.25) is 5.91 Å². The van der Waals surface area contributed by atoms with Crippen molar-refractivity contribution in [1.82, 2.24) is 14.7 Å². The molecule has 2 aliphatic rings. The molecule has 2 heterocycles. The van der Waals surface area contributed by atoms with Crippen molar-refractivity contribution in [2.75, 3.05) is 52.4 Å². The van der Waals surface area contributed by atoms with Crippen molar-refractivity contribution in [3.63, 3.8) is 0 Å². The lowest BCUT2D eigenvalue weighted by molar-refractivity contribution is -0.138. The maximum Gasteiger partial charge on any atom is 0.253 e. The number of rotatable bonds is 6. The zero-order valence-electron chi connectivity index (χ0n) is 18.6. The second-order valence-electron chi connectivity index (χ2n) is 8.54. The van der Waals surface area contributed by atoms with E-state index in [0.717, 1.165) is 32.5 Å². The minimum absolute atomic E-state index is 0.124. The molecule has 0 radical (unpaired) electrons. The second-order valence-corrected chi connectivity index (χ2v) is 8.95. The first kappa shape index (κ1) is 23.5. The van der Waals surface area contributed by atoms with Gasteiger partial charge in [-0.3, -0.25) is 14.5 Å². The molecule has 2 amide bonds. The van der Waals surface area contributed by atoms with Crippen LogP contribution < -0.4 is 4.74 Å². The molecular weight excluding hydrogens is 445 g/mol. The van der Waals surface area contributed by atoms with Crippen LogP contribution >= 0.6 is 11.6 Å². The first-order valence-corrected chi connectivity index (χ1v) is 11.8. The Morgan fingerprint density at radius 2 is 1.70 bits per heavy atom. The van der Waals surface area contributed by atoms with Gasteiger partial charge in [0.15, 0.2) is 0 Å². The number of benzene rings is 2. The molecular formula is C25H29ClFN3O3. The molecule has 0 N–H and O–H groups in total. The minimum Gasteiger partial charge on any atom is -0.491 e. The maximum absolute atomic E-state index is 13.2. The van der Waals surface area contributed by atoms with E-state index in [9.17, 15) is 14.0 Å². The van der Waals surface area contributed by atoms with E-state index >= 15 is 0 Å². The van der Waals surface area contributed by atoms with Gasteiger partial charge < -0.3 is 14.5 Å². The molecule has 2 aromatic carbocycles. The van der Waals surface area contributed by atoms with Gasteiger partial charge in [0.25, 0.3) is 5.91 Å². The molecule has 8 heteroatoms. The quantitative estimate of drug-likeness (QED) is 0.644. The summed E-state index contributed by atoms with van der Waals surface area (Å²) in [6, 6.07) is 13.0. The molecule has 4 rings (SSSR count). The number of amides is 2. The average Bonchev–Trinajstić information content (AvgIpc) is 2.85. The monoisotopic (exact) mass is 473 g/mol. The van der Waals surface area contributed by atoms with E-state index in [0.29, 0.717) is 49.1 Å². The number of carbonyl (C=O) groups is 2. The van der Waals surface area contributed by atoms with E-state index in [1.807, 2.05) is 23.1 Å². The molecule has 2 fully saturated rings. The first-order valence-electron chi connectivity index (χ1n) is 11.4. The van der Waals surface area contributed by atoms with E-state index < -0.39 is 0 Å². The van der Waals surface area contributed by atoms with Crippen molar-refractivity contribution in [2.24, 2.45) is 5.92 Å². The number of piperidine rings is 1. The number of para-hydroxylation sites is 1. The summed E-state index contributed by atoms with van der Waals surface area (Å²) < 4.78 is 18.9. The lowest BCUT2D eigenvalue weighted by Crippen LogP contribution is -2.53. The van der Waals surface area contributed by atoms with Gasteiger partial charge in [-0.05, 0) is 49.2 Å². The predicted octanol–water partition coefficient (Wildman–Crippen LogP) is 3.55. The summed E-state index contributed by atoms with van der Waals surface area (Å²) in [6.07, 6.45) is 1.58. The van der Waals surface area contributed by atoms with Gasteiger partial charge in [0.05, 0.1) is 10.9 Å². The number of ether oxygens (including phenoxy) is 1. The Kier molecular flexibility index (Phi) is 7.83. The number of piperazine rings is 1. The second kappa shape index (κ2) is 11.0. The third-order valence-electron chi connectivity index (χ3n) is 6.33. The Balaban J connectivity index is 1.23. The van der Waals surface area contributed by atoms with Crippen LogP contribution in [0.3, 0.4) is 0 Å². The van der Waals surface area contributed by atoms with Crippen LogP contribution in [0.5, 0.6) is 5.75 Å². The number of hydrogen-bond acceptors (Lipinski definition) is 4. The topological polar surface area (TPSA) is 53.1 Å². The minimum atomic E-state index is -0.368. The third kappa shape index (κ3) is 6.03. The molecule has 0 aromatic heterocycles. The molecule has 33 heavy (non-hydrogen) atoms. The normalized spacial score (nSPS) is 19.4. The summed E-state index contributed by atoms with van der Waals surface area (Å²) in [5.41, 5.74) is 0.456. The molecule has 176 valence electrons. The van der Waals surface area contributed by atoms with Crippen LogP contribution in [-0.2, 0) is 4.79 Å². The van der Waals surface area contributed by atoms with Crippen molar-refractivity contribution in [1.29, 1.82) is 0 Å². The summed E-state index contributed by atoms with van der Waals surface area (Å²) >= 11 is 6.12. The fourth-order valence-corrected chi connectivity index (χ4v) is 4.63. The zero-order chi connectivity index (χ0) is 23.2. The van der Waals surface area contributed by atoms with Gasteiger partial charge in [-0.2, -0.15) is 0 Å². The van der Waals surface area contributed by atoms with Crippen LogP contribution in [0.2, 0.25) is 5.02 Å². The van der Waals surface area contributed by atoms with E-state index in [2.05, 4.69) is 4.90 Å². The Morgan fingerprint density at radius 3 is 2.42 bits per heavy atom. The SMILES string of the molecule is O=C(c1ccc(F)cc1)N1CCCC(C(=O)N2CCN(CCOc3ccccc3Cl)CC2)C1. The van der Waals surface area contributed by atoms with Gasteiger partial charge in [0.1, 0.15) is 18.2 Å². The molecule has 0 aliphatic carbocycles. The Labute approximate surface area is 198 Å². The highest BCUT2D eigenvalue weighted by Gasteiger charge is 2.32. The highest BCUT2D eigenvalue weighted by Crippen LogP contribution is 2.24. The highest BCUT2D eigenvalue weighted by molar-refractivity contribution is 6.32. The van der Waals surface area contributed by atoms with Crippen molar-refractivity contribution >= 4 is 23.4 Å². The fraction of sp³-hybridized carbons (Fsp3) is 0.440. The van der Waals surface area contributed by atoms with Crippen LogP contribution in [0.25, 0.3) is 0 Å². The first-order chi connectivity index (χ1) is 16.0. The van der Waals surface area contributed by atoms with E-state index in [1.54, 1.807) is 11.0 Å². The molecule has 1 atom stereocenters. The van der Waals surface area contributed by atoms with Crippen LogP contribution in [0.15, 0.2) is 48.5 Å². The van der Waals surface area contributed by atoms with Crippen LogP contribution in [-0.4, -0.2) is 78.9 Å². The summed E-state index contributed by atoms with van der Waals surface area (Å²) in [4.78, 5) is 31.8. The van der Waals surface area contributed by atoms with Crippen LogP contribution in [0.4, 0.5) is 4.39 Å². The van der Waals surface area contributed by atoms with Crippen molar-refractivity contribution in [2.45, 2.75) is 12.8 Å². The molecule has 0 bridgehead atoms. The van der Waals surface area contributed by atoms with Gasteiger partial charge >= 0.3 is 0 Å². The molecule has 6 nitrogen and oxygen atoms in total. The lowest BCUT2D eigenvalue weighted by atomic mass is 9.95. The largest absolute Gasteiger partial charge is 0.491 e. The van der Waals surface area contributed by atoms with Gasteiger partial charge in [-0.15, -0.1) is 0 Å². The molecule has 2 aliphatic heterocycles. The molecule has 1 unspecified atom stereocenters. The molecule has 2 aromatic rings. The van der Waals surface area contributed by atoms with E-state index in [4.69, 9.17) is 16.3 Å². The highest BCUT2D eigenvalue weighted by atomic mass is 35.5. The zero-order valence-corrected chi connectivity index (χ0v) is 19.3. The maximum atomic E-state index is 13.2. The summed E-state index contributed by atoms with van der Waals surface area (Å²) in [5, 5.41) is 0.604. The van der Waals surface area contributed by atoms with Crippen molar-refractivity contribution in [3.05, 3.63) is 64.9 Å². The third-order valence-corrected chi connectivity index (χ3v) is 6.65. The average molecular weight is 474 g/mol. The summed E-state index contributed by atoms with van der Waals surface area (Å²) in [5.74, 6) is 0.116. The standard InChI is InChI=1S/C25H29ClFN3O3/c26-22-5-1-2-6-23(22)33-17-16-28-12-14-29(15-13-28)25(32)20-4-3-11-30(18-20)24(31)19-7-9-21(27)10-8-19/h1-2,5-10,20H,3-4,11-18H2. The Bertz CT molecular complexity index is 964. The van der Waals surface area contributed by atoms with Crippen molar-refractivity contribution < 1.29 is 18.7 Å². The smallest absolute Gasteiger partial charge is 0.253 e. The van der Waals surface area contributed by atoms with E-state index in [1.165, 1.54) is 24.3 Å². The molecule has 0 saturated carbocycles. The van der Waals surface area contributed by atoms with E-state index in [-0.39, 0.29) is 23.5 Å². The number of likely N-dealkylation sites (tertiary alicyclic amines) is 1. The van der Waals surface area contributed by atoms with Crippen LogP contribution in [0.1, 0.15) is 23.2 Å². The van der Waals surface area contributed by atoms with Gasteiger partial charge in [-0.25, -0.2) is 4.39 Å². The lowest BCUT2D eigenvalue weighted by Gasteiger charge is -2.39. The van der Waals surface area contributed by atoms with Gasteiger partial charge in [-0.1, -0.05) is 23.7 Å². The number of halogens is 2. The Hall–Kier alpha value is -2.64. The number of hydrogen-bond donors (Lipinski definition) is 0. The number of carbonyl (C=O) groups excluding carboxylic acids is 2. The summed E-state index contributed by atoms with van der Waals surface area (Å²) in [7, 11) is 0. The van der Waals surface area contributed by atoms with Gasteiger partial charge in [0, 0.05) is 51.4 Å². The summed E-state index contributed by atoms with van der Waals surface area (Å²) in [6.45, 7) is 5.29. The fourth-order valence-electron chi connectivity index (χ4n) is 4.43. The molecule has 2 saturated heterocycles. The number of nitrogens with zero attached hydrogens (tertiary/aromatic N) is 3. The van der Waals surface area contributed by atoms with Crippen molar-refractivity contribution in [3.8, 4) is 5.75 Å². The Morgan fingerprint density at radius 1 is 0.970 bits per heavy atom. The molecule has 0 spiro atoms.